The van der Waals surface area contributed by atoms with E-state index in [2.05, 4.69) is 5.92 Å². The van der Waals surface area contributed by atoms with E-state index < -0.39 is 10.8 Å². The minimum absolute atomic E-state index is 0.326. The van der Waals surface area contributed by atoms with E-state index in [1.807, 2.05) is 0 Å². The van der Waals surface area contributed by atoms with Crippen molar-refractivity contribution in [2.24, 2.45) is 0 Å². The third-order valence-electron chi connectivity index (χ3n) is 0.549. The third-order valence-corrected chi connectivity index (χ3v) is 2.11. The molecular weight excluding hydrogens is 144 g/mol. The largest absolute Gasteiger partial charge is 0.259 e. The monoisotopic (exact) mass is 150 g/mol. The van der Waals surface area contributed by atoms with Crippen molar-refractivity contribution in [3.63, 3.8) is 0 Å². The molecular formula is C5H7ClOS. The summed E-state index contributed by atoms with van der Waals surface area (Å²) in [6, 6.07) is 0. The number of hydrogen-bond donors (Lipinski definition) is 0. The number of rotatable bonds is 3. The van der Waals surface area contributed by atoms with Gasteiger partial charge in [0.25, 0.3) is 0 Å². The average Bonchev–Trinajstić information content (AvgIpc) is 1.68. The molecule has 3 heteroatoms. The van der Waals surface area contributed by atoms with Crippen LogP contribution in [0.1, 0.15) is 0 Å². The molecule has 0 amide bonds. The summed E-state index contributed by atoms with van der Waals surface area (Å²) in [7, 11) is -0.888. The number of terminal acetylenes is 1. The van der Waals surface area contributed by atoms with Crippen molar-refractivity contribution < 1.29 is 4.21 Å². The molecule has 0 aliphatic carbocycles. The van der Waals surface area contributed by atoms with E-state index in [-0.39, 0.29) is 0 Å². The standard InChI is InChI=1S/C5H7ClOS/c1-2-4-8(7)5-3-6/h1H,3-5H2. The average molecular weight is 151 g/mol. The maximum absolute atomic E-state index is 10.5. The highest BCUT2D eigenvalue weighted by Gasteiger charge is 1.91. The van der Waals surface area contributed by atoms with Crippen molar-refractivity contribution in [3.05, 3.63) is 0 Å². The zero-order valence-corrected chi connectivity index (χ0v) is 5.97. The van der Waals surface area contributed by atoms with Crippen LogP contribution < -0.4 is 0 Å². The lowest BCUT2D eigenvalue weighted by molar-refractivity contribution is 0.686. The van der Waals surface area contributed by atoms with Gasteiger partial charge in [0.05, 0.1) is 5.75 Å². The molecule has 0 aliphatic heterocycles. The van der Waals surface area contributed by atoms with E-state index in [9.17, 15) is 4.21 Å². The molecule has 0 aliphatic rings. The summed E-state index contributed by atoms with van der Waals surface area (Å²) < 4.78 is 10.5. The van der Waals surface area contributed by atoms with Gasteiger partial charge in [0.1, 0.15) is 0 Å². The minimum Gasteiger partial charge on any atom is -0.259 e. The van der Waals surface area contributed by atoms with Crippen molar-refractivity contribution in [2.75, 3.05) is 17.4 Å². The fourth-order valence-corrected chi connectivity index (χ4v) is 1.27. The van der Waals surface area contributed by atoms with Crippen molar-refractivity contribution in [1.29, 1.82) is 0 Å². The van der Waals surface area contributed by atoms with Crippen LogP contribution in [-0.4, -0.2) is 21.6 Å². The van der Waals surface area contributed by atoms with Crippen LogP contribution in [-0.2, 0) is 10.8 Å². The molecule has 0 radical (unpaired) electrons. The van der Waals surface area contributed by atoms with E-state index >= 15 is 0 Å². The second kappa shape index (κ2) is 5.14. The molecule has 0 aromatic carbocycles. The van der Waals surface area contributed by atoms with Gasteiger partial charge in [-0.2, -0.15) is 0 Å². The summed E-state index contributed by atoms with van der Waals surface area (Å²) in [6.07, 6.45) is 4.87. The summed E-state index contributed by atoms with van der Waals surface area (Å²) in [6.45, 7) is 0. The van der Waals surface area contributed by atoms with Crippen molar-refractivity contribution >= 4 is 22.4 Å². The Morgan fingerprint density at radius 1 is 1.75 bits per heavy atom. The highest BCUT2D eigenvalue weighted by Crippen LogP contribution is 1.82. The number of hydrogen-bond acceptors (Lipinski definition) is 1. The highest BCUT2D eigenvalue weighted by molar-refractivity contribution is 7.85. The van der Waals surface area contributed by atoms with E-state index in [0.29, 0.717) is 17.4 Å². The minimum atomic E-state index is -0.888. The molecule has 0 spiro atoms. The van der Waals surface area contributed by atoms with Gasteiger partial charge < -0.3 is 0 Å². The summed E-state index contributed by atoms with van der Waals surface area (Å²) in [5.41, 5.74) is 0. The van der Waals surface area contributed by atoms with E-state index in [1.165, 1.54) is 0 Å². The number of halogens is 1. The SMILES string of the molecule is C#CCS(=O)CCCl. The highest BCUT2D eigenvalue weighted by atomic mass is 35.5. The van der Waals surface area contributed by atoms with Gasteiger partial charge in [0.15, 0.2) is 0 Å². The van der Waals surface area contributed by atoms with Crippen molar-refractivity contribution in [2.45, 2.75) is 0 Å². The molecule has 8 heavy (non-hydrogen) atoms. The summed E-state index contributed by atoms with van der Waals surface area (Å²) in [5, 5.41) is 0. The van der Waals surface area contributed by atoms with Gasteiger partial charge in [-0.3, -0.25) is 4.21 Å². The molecule has 1 atom stereocenters. The van der Waals surface area contributed by atoms with Crippen molar-refractivity contribution in [3.8, 4) is 12.3 Å². The maximum Gasteiger partial charge on any atom is 0.0845 e. The van der Waals surface area contributed by atoms with Crippen LogP contribution in [0, 0.1) is 12.3 Å². The molecule has 0 saturated carbocycles. The van der Waals surface area contributed by atoms with Gasteiger partial charge in [-0.05, 0) is 0 Å². The Bertz CT molecular complexity index is 116. The molecule has 1 nitrogen and oxygen atoms in total. The predicted molar refractivity (Wildman–Crippen MR) is 37.4 cm³/mol. The van der Waals surface area contributed by atoms with Crippen LogP contribution in [0.15, 0.2) is 0 Å². The van der Waals surface area contributed by atoms with E-state index in [4.69, 9.17) is 18.0 Å². The maximum atomic E-state index is 10.5. The van der Waals surface area contributed by atoms with Crippen LogP contribution in [0.3, 0.4) is 0 Å². The molecule has 0 heterocycles. The molecule has 0 bridgehead atoms. The third kappa shape index (κ3) is 4.17. The summed E-state index contributed by atoms with van der Waals surface area (Å²) >= 11 is 5.27. The molecule has 1 unspecified atom stereocenters. The van der Waals surface area contributed by atoms with Crippen LogP contribution in [0.2, 0.25) is 0 Å². The van der Waals surface area contributed by atoms with E-state index in [0.717, 1.165) is 0 Å². The second-order valence-corrected chi connectivity index (χ2v) is 3.14. The van der Waals surface area contributed by atoms with Crippen LogP contribution >= 0.6 is 11.6 Å². The lowest BCUT2D eigenvalue weighted by Gasteiger charge is -1.88. The van der Waals surface area contributed by atoms with E-state index in [1.54, 1.807) is 0 Å². The molecule has 0 saturated heterocycles. The van der Waals surface area contributed by atoms with Crippen LogP contribution in [0.5, 0.6) is 0 Å². The Kier molecular flexibility index (Phi) is 5.14. The topological polar surface area (TPSA) is 17.1 Å². The first-order valence-corrected chi connectivity index (χ1v) is 4.18. The van der Waals surface area contributed by atoms with Gasteiger partial charge in [0.2, 0.25) is 0 Å². The molecule has 0 N–H and O–H groups in total. The normalized spacial score (nSPS) is 12.5. The fourth-order valence-electron chi connectivity index (χ4n) is 0.251. The number of alkyl halides is 1. The first-order valence-electron chi connectivity index (χ1n) is 2.15. The van der Waals surface area contributed by atoms with Gasteiger partial charge >= 0.3 is 0 Å². The first-order chi connectivity index (χ1) is 3.81. The molecule has 46 valence electrons. The Morgan fingerprint density at radius 3 is 2.75 bits per heavy atom. The molecule has 0 fully saturated rings. The van der Waals surface area contributed by atoms with Crippen molar-refractivity contribution in [1.82, 2.24) is 0 Å². The summed E-state index contributed by atoms with van der Waals surface area (Å²) in [5.74, 6) is 3.55. The van der Waals surface area contributed by atoms with Crippen LogP contribution in [0.25, 0.3) is 0 Å². The van der Waals surface area contributed by atoms with Crippen LogP contribution in [0.4, 0.5) is 0 Å². The Hall–Kier alpha value is -0.0000000000000000555. The Labute approximate surface area is 56.9 Å². The molecule has 0 rings (SSSR count). The predicted octanol–water partition coefficient (Wildman–Crippen LogP) is 0.607. The van der Waals surface area contributed by atoms with Gasteiger partial charge in [0, 0.05) is 22.4 Å². The Balaban J connectivity index is 3.23. The van der Waals surface area contributed by atoms with Gasteiger partial charge in [-0.15, -0.1) is 18.0 Å². The van der Waals surface area contributed by atoms with Gasteiger partial charge in [-0.25, -0.2) is 0 Å². The smallest absolute Gasteiger partial charge is 0.0845 e. The molecule has 0 aromatic heterocycles. The zero-order chi connectivity index (χ0) is 6.41. The lowest BCUT2D eigenvalue weighted by Crippen LogP contribution is -2.00. The molecule has 0 aromatic rings. The van der Waals surface area contributed by atoms with Gasteiger partial charge in [-0.1, -0.05) is 5.92 Å². The summed E-state index contributed by atoms with van der Waals surface area (Å²) in [4.78, 5) is 0. The lowest BCUT2D eigenvalue weighted by atomic mass is 10.8. The quantitative estimate of drug-likeness (QED) is 0.426. The Morgan fingerprint density at radius 2 is 2.38 bits per heavy atom. The zero-order valence-electron chi connectivity index (χ0n) is 4.39. The first kappa shape index (κ1) is 8.00. The fraction of sp³-hybridized carbons (Fsp3) is 0.600. The second-order valence-electron chi connectivity index (χ2n) is 1.18.